The lowest BCUT2D eigenvalue weighted by Gasteiger charge is -2.05. The molecule has 6 heteroatoms. The van der Waals surface area contributed by atoms with Crippen LogP contribution >= 0.6 is 11.6 Å². The molecule has 2 aromatic rings. The van der Waals surface area contributed by atoms with Crippen molar-refractivity contribution in [3.63, 3.8) is 0 Å². The van der Waals surface area contributed by atoms with E-state index in [0.717, 1.165) is 25.2 Å². The van der Waals surface area contributed by atoms with E-state index in [2.05, 4.69) is 20.5 Å². The first-order valence-corrected chi connectivity index (χ1v) is 6.12. The molecule has 2 N–H and O–H groups in total. The lowest BCUT2D eigenvalue weighted by molar-refractivity contribution is 0.580. The Morgan fingerprint density at radius 1 is 1.39 bits per heavy atom. The zero-order chi connectivity index (χ0) is 12.8. The monoisotopic (exact) mass is 268 g/mol. The molecule has 1 heterocycles. The number of halogens is 2. The lowest BCUT2D eigenvalue weighted by Crippen LogP contribution is -2.16. The molecule has 4 nitrogen and oxygen atoms in total. The Morgan fingerprint density at radius 3 is 3.00 bits per heavy atom. The van der Waals surface area contributed by atoms with E-state index >= 15 is 0 Å². The van der Waals surface area contributed by atoms with Crippen molar-refractivity contribution in [2.75, 3.05) is 6.54 Å². The SMILES string of the molecule is Fc1cc(Cl)ccc1CNCCCc1ncn[nH]1. The molecule has 1 aromatic carbocycles. The molecule has 0 aliphatic rings. The van der Waals surface area contributed by atoms with Crippen molar-refractivity contribution < 1.29 is 4.39 Å². The first-order chi connectivity index (χ1) is 8.75. The molecule has 1 aromatic heterocycles. The minimum Gasteiger partial charge on any atom is -0.313 e. The van der Waals surface area contributed by atoms with Crippen molar-refractivity contribution >= 4 is 11.6 Å². The molecule has 0 radical (unpaired) electrons. The fraction of sp³-hybridized carbons (Fsp3) is 0.333. The Bertz CT molecular complexity index is 487. The van der Waals surface area contributed by atoms with Crippen molar-refractivity contribution in [3.05, 3.63) is 46.8 Å². The maximum Gasteiger partial charge on any atom is 0.137 e. The fourth-order valence-electron chi connectivity index (χ4n) is 1.62. The molecule has 0 atom stereocenters. The molecule has 0 fully saturated rings. The van der Waals surface area contributed by atoms with E-state index < -0.39 is 0 Å². The number of aromatic nitrogens is 3. The highest BCUT2D eigenvalue weighted by molar-refractivity contribution is 6.30. The summed E-state index contributed by atoms with van der Waals surface area (Å²) in [7, 11) is 0. The summed E-state index contributed by atoms with van der Waals surface area (Å²) in [6.45, 7) is 1.29. The van der Waals surface area contributed by atoms with E-state index in [1.54, 1.807) is 12.1 Å². The Labute approximate surface area is 110 Å². The van der Waals surface area contributed by atoms with Gasteiger partial charge in [0.2, 0.25) is 0 Å². The second kappa shape index (κ2) is 6.47. The van der Waals surface area contributed by atoms with Crippen LogP contribution in [0.25, 0.3) is 0 Å². The van der Waals surface area contributed by atoms with E-state index in [1.165, 1.54) is 12.4 Å². The highest BCUT2D eigenvalue weighted by atomic mass is 35.5. The van der Waals surface area contributed by atoms with Crippen LogP contribution in [0, 0.1) is 5.82 Å². The van der Waals surface area contributed by atoms with Crippen molar-refractivity contribution in [2.24, 2.45) is 0 Å². The van der Waals surface area contributed by atoms with Gasteiger partial charge < -0.3 is 5.32 Å². The predicted molar refractivity (Wildman–Crippen MR) is 67.8 cm³/mol. The van der Waals surface area contributed by atoms with Gasteiger partial charge in [0, 0.05) is 23.6 Å². The van der Waals surface area contributed by atoms with Crippen LogP contribution in [0.4, 0.5) is 4.39 Å². The van der Waals surface area contributed by atoms with Gasteiger partial charge >= 0.3 is 0 Å². The predicted octanol–water partition coefficient (Wildman–Crippen LogP) is 2.32. The second-order valence-electron chi connectivity index (χ2n) is 3.95. The van der Waals surface area contributed by atoms with Crippen LogP contribution in [0.5, 0.6) is 0 Å². The summed E-state index contributed by atoms with van der Waals surface area (Å²) >= 11 is 5.68. The largest absolute Gasteiger partial charge is 0.313 e. The van der Waals surface area contributed by atoms with Gasteiger partial charge in [0.15, 0.2) is 0 Å². The van der Waals surface area contributed by atoms with Crippen LogP contribution in [-0.2, 0) is 13.0 Å². The molecular weight excluding hydrogens is 255 g/mol. The zero-order valence-corrected chi connectivity index (χ0v) is 10.5. The van der Waals surface area contributed by atoms with Gasteiger partial charge in [-0.25, -0.2) is 9.37 Å². The van der Waals surface area contributed by atoms with Gasteiger partial charge in [0.25, 0.3) is 0 Å². The van der Waals surface area contributed by atoms with Gasteiger partial charge in [-0.3, -0.25) is 5.10 Å². The topological polar surface area (TPSA) is 53.6 Å². The standard InChI is InChI=1S/C12H14ClFN4/c13-10-4-3-9(11(14)6-10)7-15-5-1-2-12-16-8-17-18-12/h3-4,6,8,15H,1-2,5,7H2,(H,16,17,18). The third-order valence-corrected chi connectivity index (χ3v) is 2.80. The third-order valence-electron chi connectivity index (χ3n) is 2.56. The molecule has 0 spiro atoms. The summed E-state index contributed by atoms with van der Waals surface area (Å²) in [6.07, 6.45) is 3.24. The van der Waals surface area contributed by atoms with E-state index in [-0.39, 0.29) is 5.82 Å². The second-order valence-corrected chi connectivity index (χ2v) is 4.38. The van der Waals surface area contributed by atoms with Crippen LogP contribution in [0.15, 0.2) is 24.5 Å². The molecule has 0 amide bonds. The molecule has 0 unspecified atom stereocenters. The third kappa shape index (κ3) is 3.78. The average molecular weight is 269 g/mol. The van der Waals surface area contributed by atoms with E-state index in [1.807, 2.05) is 0 Å². The Balaban J connectivity index is 1.69. The number of hydrogen-bond acceptors (Lipinski definition) is 3. The summed E-state index contributed by atoms with van der Waals surface area (Å²) in [4.78, 5) is 4.03. The average Bonchev–Trinajstić information content (AvgIpc) is 2.84. The smallest absolute Gasteiger partial charge is 0.137 e. The molecular formula is C12H14ClFN4. The van der Waals surface area contributed by atoms with Gasteiger partial charge in [-0.1, -0.05) is 17.7 Å². The maximum atomic E-state index is 13.4. The van der Waals surface area contributed by atoms with Crippen molar-refractivity contribution in [1.29, 1.82) is 0 Å². The summed E-state index contributed by atoms with van der Waals surface area (Å²) in [5, 5.41) is 10.2. The highest BCUT2D eigenvalue weighted by Gasteiger charge is 2.02. The number of hydrogen-bond donors (Lipinski definition) is 2. The fourth-order valence-corrected chi connectivity index (χ4v) is 1.78. The van der Waals surface area contributed by atoms with Crippen LogP contribution < -0.4 is 5.32 Å². The van der Waals surface area contributed by atoms with Crippen molar-refractivity contribution in [2.45, 2.75) is 19.4 Å². The molecule has 0 aliphatic carbocycles. The number of aromatic amines is 1. The number of rotatable bonds is 6. The van der Waals surface area contributed by atoms with E-state index in [0.29, 0.717) is 17.1 Å². The summed E-state index contributed by atoms with van der Waals surface area (Å²) in [5.41, 5.74) is 0.624. The molecule has 0 bridgehead atoms. The lowest BCUT2D eigenvalue weighted by atomic mass is 10.2. The van der Waals surface area contributed by atoms with Crippen LogP contribution in [0.2, 0.25) is 5.02 Å². The van der Waals surface area contributed by atoms with Crippen molar-refractivity contribution in [3.8, 4) is 0 Å². The summed E-state index contributed by atoms with van der Waals surface area (Å²) in [5.74, 6) is 0.597. The van der Waals surface area contributed by atoms with Gasteiger partial charge in [-0.05, 0) is 25.1 Å². The normalized spacial score (nSPS) is 10.8. The molecule has 0 saturated heterocycles. The first kappa shape index (κ1) is 13.0. The minimum atomic E-state index is -0.273. The van der Waals surface area contributed by atoms with E-state index in [4.69, 9.17) is 11.6 Å². The maximum absolute atomic E-state index is 13.4. The Kier molecular flexibility index (Phi) is 4.66. The van der Waals surface area contributed by atoms with Gasteiger partial charge in [0.05, 0.1) is 0 Å². The zero-order valence-electron chi connectivity index (χ0n) is 9.79. The number of H-pyrrole nitrogens is 1. The Morgan fingerprint density at radius 2 is 2.28 bits per heavy atom. The van der Waals surface area contributed by atoms with Gasteiger partial charge in [-0.2, -0.15) is 5.10 Å². The first-order valence-electron chi connectivity index (χ1n) is 5.74. The van der Waals surface area contributed by atoms with Gasteiger partial charge in [0.1, 0.15) is 18.0 Å². The van der Waals surface area contributed by atoms with Gasteiger partial charge in [-0.15, -0.1) is 0 Å². The molecule has 0 saturated carbocycles. The van der Waals surface area contributed by atoms with Crippen LogP contribution in [0.3, 0.4) is 0 Å². The molecule has 2 rings (SSSR count). The van der Waals surface area contributed by atoms with Crippen LogP contribution in [-0.4, -0.2) is 21.7 Å². The number of nitrogens with zero attached hydrogens (tertiary/aromatic N) is 2. The minimum absolute atomic E-state index is 0.273. The number of benzene rings is 1. The molecule has 18 heavy (non-hydrogen) atoms. The molecule has 96 valence electrons. The summed E-state index contributed by atoms with van der Waals surface area (Å²) in [6, 6.07) is 4.71. The number of aryl methyl sites for hydroxylation is 1. The number of nitrogens with one attached hydrogen (secondary N) is 2. The van der Waals surface area contributed by atoms with E-state index in [9.17, 15) is 4.39 Å². The van der Waals surface area contributed by atoms with Crippen molar-refractivity contribution in [1.82, 2.24) is 20.5 Å². The highest BCUT2D eigenvalue weighted by Crippen LogP contribution is 2.14. The quantitative estimate of drug-likeness (QED) is 0.791. The van der Waals surface area contributed by atoms with Crippen LogP contribution in [0.1, 0.15) is 17.8 Å². The molecule has 0 aliphatic heterocycles. The Hall–Kier alpha value is -1.46. The summed E-state index contributed by atoms with van der Waals surface area (Å²) < 4.78 is 13.4.